The van der Waals surface area contributed by atoms with Gasteiger partial charge in [0, 0.05) is 12.3 Å². The molecule has 3 N–H and O–H groups in total. The summed E-state index contributed by atoms with van der Waals surface area (Å²) in [7, 11) is 0. The zero-order chi connectivity index (χ0) is 24.8. The van der Waals surface area contributed by atoms with Gasteiger partial charge in [-0.2, -0.15) is 0 Å². The van der Waals surface area contributed by atoms with E-state index in [0.717, 1.165) is 27.8 Å². The number of aliphatic carboxylic acids is 1. The van der Waals surface area contributed by atoms with E-state index in [0.29, 0.717) is 0 Å². The molecule has 2 atom stereocenters. The number of benzene rings is 3. The van der Waals surface area contributed by atoms with Gasteiger partial charge in [0.05, 0.1) is 0 Å². The third-order valence-corrected chi connectivity index (χ3v) is 5.92. The monoisotopic (exact) mass is 474 g/mol. The smallest absolute Gasteiger partial charge is 0.407 e. The van der Waals surface area contributed by atoms with Crippen molar-refractivity contribution in [3.05, 3.63) is 95.6 Å². The molecule has 0 bridgehead atoms. The van der Waals surface area contributed by atoms with E-state index in [-0.39, 0.29) is 18.9 Å². The Morgan fingerprint density at radius 2 is 1.46 bits per heavy atom. The predicted molar refractivity (Wildman–Crippen MR) is 128 cm³/mol. The quantitative estimate of drug-likeness (QED) is 0.408. The fourth-order valence-electron chi connectivity index (χ4n) is 4.11. The van der Waals surface area contributed by atoms with Crippen molar-refractivity contribution in [1.29, 1.82) is 0 Å². The lowest BCUT2D eigenvalue weighted by molar-refractivity contribution is -0.159. The van der Waals surface area contributed by atoms with Crippen LogP contribution in [0, 0.1) is 0 Å². The van der Waals surface area contributed by atoms with Crippen LogP contribution in [0.15, 0.2) is 78.9 Å². The van der Waals surface area contributed by atoms with E-state index in [9.17, 15) is 14.4 Å². The Labute approximate surface area is 202 Å². The van der Waals surface area contributed by atoms with Gasteiger partial charge in [-0.15, -0.1) is 0 Å². The Balaban J connectivity index is 1.43. The number of fused-ring (bicyclic) bond motifs is 3. The highest BCUT2D eigenvalue weighted by molar-refractivity contribution is 5.85. The molecule has 0 heterocycles. The normalized spacial score (nSPS) is 13.7. The number of amides is 2. The number of carboxylic acid groups (broad SMARTS) is 1. The number of nitrogens with one attached hydrogen (secondary N) is 2. The summed E-state index contributed by atoms with van der Waals surface area (Å²) >= 11 is 0. The van der Waals surface area contributed by atoms with Crippen molar-refractivity contribution < 1.29 is 29.1 Å². The molecule has 2 amide bonds. The minimum absolute atomic E-state index is 0.103. The molecule has 4 rings (SSSR count). The second-order valence-corrected chi connectivity index (χ2v) is 8.28. The molecule has 8 nitrogen and oxygen atoms in total. The van der Waals surface area contributed by atoms with Crippen LogP contribution >= 0.6 is 0 Å². The first-order chi connectivity index (χ1) is 16.9. The third kappa shape index (κ3) is 5.67. The lowest BCUT2D eigenvalue weighted by Gasteiger charge is -2.20. The fourth-order valence-corrected chi connectivity index (χ4v) is 4.11. The van der Waals surface area contributed by atoms with E-state index in [4.69, 9.17) is 14.7 Å². The SMILES string of the molecule is CC(ONC(=O)C(Cc1ccccc1)NC(=O)OCC1c2ccccc2-c2ccccc21)C(=O)O. The topological polar surface area (TPSA) is 114 Å². The summed E-state index contributed by atoms with van der Waals surface area (Å²) in [6.07, 6.45) is -1.83. The maximum absolute atomic E-state index is 12.7. The summed E-state index contributed by atoms with van der Waals surface area (Å²) in [4.78, 5) is 41.3. The average molecular weight is 475 g/mol. The van der Waals surface area contributed by atoms with Crippen LogP contribution in [0.4, 0.5) is 4.79 Å². The highest BCUT2D eigenvalue weighted by Crippen LogP contribution is 2.44. The molecule has 35 heavy (non-hydrogen) atoms. The molecule has 180 valence electrons. The Morgan fingerprint density at radius 3 is 2.06 bits per heavy atom. The van der Waals surface area contributed by atoms with E-state index >= 15 is 0 Å². The fraction of sp³-hybridized carbons (Fsp3) is 0.222. The maximum atomic E-state index is 12.7. The Morgan fingerprint density at radius 1 is 0.886 bits per heavy atom. The van der Waals surface area contributed by atoms with Gasteiger partial charge in [-0.1, -0.05) is 78.9 Å². The zero-order valence-electron chi connectivity index (χ0n) is 19.1. The lowest BCUT2D eigenvalue weighted by atomic mass is 9.98. The first-order valence-electron chi connectivity index (χ1n) is 11.3. The highest BCUT2D eigenvalue weighted by atomic mass is 16.7. The van der Waals surface area contributed by atoms with Crippen LogP contribution in [-0.2, 0) is 25.6 Å². The number of ether oxygens (including phenoxy) is 1. The van der Waals surface area contributed by atoms with Crippen molar-refractivity contribution in [2.24, 2.45) is 0 Å². The average Bonchev–Trinajstić information content (AvgIpc) is 3.19. The second kappa shape index (κ2) is 10.8. The molecule has 1 aliphatic carbocycles. The minimum Gasteiger partial charge on any atom is -0.479 e. The van der Waals surface area contributed by atoms with Crippen LogP contribution in [0.2, 0.25) is 0 Å². The summed E-state index contributed by atoms with van der Waals surface area (Å²) in [5.41, 5.74) is 7.31. The highest BCUT2D eigenvalue weighted by Gasteiger charge is 2.30. The molecule has 0 fully saturated rings. The van der Waals surface area contributed by atoms with Gasteiger partial charge in [0.15, 0.2) is 6.10 Å². The van der Waals surface area contributed by atoms with Crippen LogP contribution in [0.3, 0.4) is 0 Å². The van der Waals surface area contributed by atoms with Gasteiger partial charge < -0.3 is 15.2 Å². The van der Waals surface area contributed by atoms with Crippen molar-refractivity contribution >= 4 is 18.0 Å². The Bertz CT molecular complexity index is 1170. The number of hydrogen-bond acceptors (Lipinski definition) is 5. The molecule has 1 aliphatic rings. The summed E-state index contributed by atoms with van der Waals surface area (Å²) < 4.78 is 5.56. The van der Waals surface area contributed by atoms with Gasteiger partial charge in [0.2, 0.25) is 0 Å². The molecule has 0 saturated carbocycles. The van der Waals surface area contributed by atoms with Crippen molar-refractivity contribution in [3.8, 4) is 11.1 Å². The Kier molecular flexibility index (Phi) is 7.42. The van der Waals surface area contributed by atoms with Crippen LogP contribution in [-0.4, -0.2) is 41.8 Å². The van der Waals surface area contributed by atoms with Crippen molar-refractivity contribution in [2.45, 2.75) is 31.4 Å². The van der Waals surface area contributed by atoms with Gasteiger partial charge in [-0.05, 0) is 34.7 Å². The first-order valence-corrected chi connectivity index (χ1v) is 11.3. The van der Waals surface area contributed by atoms with Gasteiger partial charge in [-0.25, -0.2) is 15.1 Å². The van der Waals surface area contributed by atoms with Gasteiger partial charge in [0.1, 0.15) is 12.6 Å². The van der Waals surface area contributed by atoms with Crippen LogP contribution in [0.5, 0.6) is 0 Å². The minimum atomic E-state index is -1.24. The number of hydroxylamine groups is 1. The molecule has 0 radical (unpaired) electrons. The number of alkyl carbamates (subject to hydrolysis) is 1. The largest absolute Gasteiger partial charge is 0.479 e. The van der Waals surface area contributed by atoms with Crippen LogP contribution < -0.4 is 10.8 Å². The molecule has 8 heteroatoms. The lowest BCUT2D eigenvalue weighted by Crippen LogP contribution is -2.49. The first kappa shape index (κ1) is 24.0. The molecular weight excluding hydrogens is 448 g/mol. The van der Waals surface area contributed by atoms with Crippen molar-refractivity contribution in [2.75, 3.05) is 6.61 Å². The van der Waals surface area contributed by atoms with E-state index in [1.165, 1.54) is 6.92 Å². The molecule has 3 aromatic carbocycles. The van der Waals surface area contributed by atoms with Crippen LogP contribution in [0.25, 0.3) is 11.1 Å². The number of carbonyl (C=O) groups excluding carboxylic acids is 2. The van der Waals surface area contributed by atoms with Gasteiger partial charge >= 0.3 is 12.1 Å². The summed E-state index contributed by atoms with van der Waals surface area (Å²) in [6.45, 7) is 1.39. The molecular formula is C27H26N2O6. The van der Waals surface area contributed by atoms with E-state index in [1.807, 2.05) is 78.9 Å². The van der Waals surface area contributed by atoms with E-state index in [2.05, 4.69) is 10.8 Å². The summed E-state index contributed by atoms with van der Waals surface area (Å²) in [5.74, 6) is -2.03. The zero-order valence-corrected chi connectivity index (χ0v) is 19.1. The molecule has 0 aliphatic heterocycles. The number of carbonyl (C=O) groups is 3. The number of rotatable bonds is 9. The Hall–Kier alpha value is -4.17. The molecule has 3 aromatic rings. The molecule has 0 aromatic heterocycles. The van der Waals surface area contributed by atoms with Gasteiger partial charge in [-0.3, -0.25) is 9.63 Å². The molecule has 0 saturated heterocycles. The summed E-state index contributed by atoms with van der Waals surface area (Å²) in [5, 5.41) is 11.6. The molecule has 2 unspecified atom stereocenters. The predicted octanol–water partition coefficient (Wildman–Crippen LogP) is 3.66. The van der Waals surface area contributed by atoms with Crippen LogP contribution in [0.1, 0.15) is 29.5 Å². The maximum Gasteiger partial charge on any atom is 0.407 e. The number of carboxylic acids is 1. The van der Waals surface area contributed by atoms with E-state index in [1.54, 1.807) is 0 Å². The second-order valence-electron chi connectivity index (χ2n) is 8.28. The van der Waals surface area contributed by atoms with Crippen molar-refractivity contribution in [3.63, 3.8) is 0 Å². The summed E-state index contributed by atoms with van der Waals surface area (Å²) in [6, 6.07) is 24.1. The van der Waals surface area contributed by atoms with E-state index < -0.39 is 30.1 Å². The molecule has 0 spiro atoms. The third-order valence-electron chi connectivity index (χ3n) is 5.92. The number of hydrogen-bond donors (Lipinski definition) is 3. The van der Waals surface area contributed by atoms with Crippen molar-refractivity contribution in [1.82, 2.24) is 10.8 Å². The van der Waals surface area contributed by atoms with Gasteiger partial charge in [0.25, 0.3) is 5.91 Å². The standard InChI is InChI=1S/C27H26N2O6/c1-17(26(31)32)35-29-25(30)24(15-18-9-3-2-4-10-18)28-27(33)34-16-23-21-13-7-5-11-19(21)20-12-6-8-14-22(20)23/h2-14,17,23-24H,15-16H2,1H3,(H,28,33)(H,29,30)(H,31,32).